The third-order valence-electron chi connectivity index (χ3n) is 4.80. The quantitative estimate of drug-likeness (QED) is 0.871. The standard InChI is InChI=1S/C18H27N3O2/c1-23-17-8-2-7-16(12-17)21-10-4-6-15(13-21)20-18(22)11-14-5-3-9-19-14/h2,7-8,12,14-15,19H,3-6,9-11,13H2,1H3,(H,20,22). The zero-order valence-electron chi connectivity index (χ0n) is 13.9. The maximum Gasteiger partial charge on any atom is 0.221 e. The first-order valence-electron chi connectivity index (χ1n) is 8.66. The maximum atomic E-state index is 12.2. The minimum atomic E-state index is 0.182. The Hall–Kier alpha value is -1.75. The van der Waals surface area contributed by atoms with E-state index < -0.39 is 0 Å². The molecule has 5 heteroatoms. The molecule has 126 valence electrons. The van der Waals surface area contributed by atoms with Gasteiger partial charge >= 0.3 is 0 Å². The van der Waals surface area contributed by atoms with E-state index in [0.29, 0.717) is 12.5 Å². The lowest BCUT2D eigenvalue weighted by Crippen LogP contribution is -2.48. The van der Waals surface area contributed by atoms with Crippen molar-refractivity contribution >= 4 is 11.6 Å². The molecule has 2 unspecified atom stereocenters. The Morgan fingerprint density at radius 2 is 2.30 bits per heavy atom. The molecule has 2 saturated heterocycles. The predicted molar refractivity (Wildman–Crippen MR) is 92.0 cm³/mol. The number of ether oxygens (including phenoxy) is 1. The van der Waals surface area contributed by atoms with Crippen molar-refractivity contribution < 1.29 is 9.53 Å². The Balaban J connectivity index is 1.54. The zero-order chi connectivity index (χ0) is 16.1. The maximum absolute atomic E-state index is 12.2. The molecule has 0 spiro atoms. The third kappa shape index (κ3) is 4.38. The average molecular weight is 317 g/mol. The van der Waals surface area contributed by atoms with Crippen LogP contribution in [0.4, 0.5) is 5.69 Å². The van der Waals surface area contributed by atoms with Crippen molar-refractivity contribution in [2.75, 3.05) is 31.6 Å². The molecule has 0 bridgehead atoms. The molecule has 1 amide bonds. The smallest absolute Gasteiger partial charge is 0.221 e. The summed E-state index contributed by atoms with van der Waals surface area (Å²) in [6.07, 6.45) is 5.07. The zero-order valence-corrected chi connectivity index (χ0v) is 13.9. The summed E-state index contributed by atoms with van der Waals surface area (Å²) in [5.41, 5.74) is 1.17. The lowest BCUT2D eigenvalue weighted by atomic mass is 10.0. The average Bonchev–Trinajstić information content (AvgIpc) is 3.08. The number of benzene rings is 1. The summed E-state index contributed by atoms with van der Waals surface area (Å²) in [4.78, 5) is 14.6. The van der Waals surface area contributed by atoms with Crippen molar-refractivity contribution in [1.29, 1.82) is 0 Å². The highest BCUT2D eigenvalue weighted by molar-refractivity contribution is 5.77. The van der Waals surface area contributed by atoms with Gasteiger partial charge in [-0.3, -0.25) is 4.79 Å². The van der Waals surface area contributed by atoms with Crippen LogP contribution in [-0.2, 0) is 4.79 Å². The number of nitrogens with zero attached hydrogens (tertiary/aromatic N) is 1. The van der Waals surface area contributed by atoms with Crippen LogP contribution in [0, 0.1) is 0 Å². The molecule has 0 saturated carbocycles. The van der Waals surface area contributed by atoms with Gasteiger partial charge in [0.15, 0.2) is 0 Å². The van der Waals surface area contributed by atoms with E-state index in [-0.39, 0.29) is 11.9 Å². The second kappa shape index (κ2) is 7.68. The Morgan fingerprint density at radius 1 is 1.39 bits per heavy atom. The van der Waals surface area contributed by atoms with Crippen LogP contribution in [0.1, 0.15) is 32.1 Å². The van der Waals surface area contributed by atoms with E-state index in [2.05, 4.69) is 27.7 Å². The van der Waals surface area contributed by atoms with Crippen molar-refractivity contribution in [3.8, 4) is 5.75 Å². The van der Waals surface area contributed by atoms with Crippen LogP contribution in [0.5, 0.6) is 5.75 Å². The molecular weight excluding hydrogens is 290 g/mol. The minimum Gasteiger partial charge on any atom is -0.497 e. The normalized spacial score (nSPS) is 24.5. The van der Waals surface area contributed by atoms with Gasteiger partial charge in [0.1, 0.15) is 5.75 Å². The highest BCUT2D eigenvalue weighted by Gasteiger charge is 2.24. The van der Waals surface area contributed by atoms with Gasteiger partial charge in [-0.25, -0.2) is 0 Å². The van der Waals surface area contributed by atoms with Gasteiger partial charge in [0.05, 0.1) is 7.11 Å². The summed E-state index contributed by atoms with van der Waals surface area (Å²) in [6.45, 7) is 2.95. The molecule has 0 aromatic heterocycles. The minimum absolute atomic E-state index is 0.182. The van der Waals surface area contributed by atoms with E-state index >= 15 is 0 Å². The Morgan fingerprint density at radius 3 is 3.09 bits per heavy atom. The summed E-state index contributed by atoms with van der Waals surface area (Å²) < 4.78 is 5.31. The SMILES string of the molecule is COc1cccc(N2CCCC(NC(=O)CC3CCCN3)C2)c1. The van der Waals surface area contributed by atoms with Gasteiger partial charge in [-0.15, -0.1) is 0 Å². The summed E-state index contributed by atoms with van der Waals surface area (Å²) >= 11 is 0. The topological polar surface area (TPSA) is 53.6 Å². The van der Waals surface area contributed by atoms with E-state index in [1.54, 1.807) is 7.11 Å². The first kappa shape index (κ1) is 16.1. The van der Waals surface area contributed by atoms with E-state index in [1.807, 2.05) is 12.1 Å². The molecule has 1 aromatic rings. The highest BCUT2D eigenvalue weighted by atomic mass is 16.5. The molecule has 2 aliphatic heterocycles. The van der Waals surface area contributed by atoms with Gasteiger partial charge in [-0.05, 0) is 44.4 Å². The third-order valence-corrected chi connectivity index (χ3v) is 4.80. The number of piperidine rings is 1. The van der Waals surface area contributed by atoms with Crippen LogP contribution in [0.25, 0.3) is 0 Å². The largest absolute Gasteiger partial charge is 0.497 e. The van der Waals surface area contributed by atoms with Gasteiger partial charge in [0, 0.05) is 43.3 Å². The molecule has 3 rings (SSSR count). The fraction of sp³-hybridized carbons (Fsp3) is 0.611. The Labute approximate surface area is 138 Å². The summed E-state index contributed by atoms with van der Waals surface area (Å²) in [6, 6.07) is 8.75. The second-order valence-electron chi connectivity index (χ2n) is 6.55. The number of rotatable bonds is 5. The molecule has 5 nitrogen and oxygen atoms in total. The van der Waals surface area contributed by atoms with E-state index in [1.165, 1.54) is 12.1 Å². The van der Waals surface area contributed by atoms with Gasteiger partial charge in [0.2, 0.25) is 5.91 Å². The number of nitrogens with one attached hydrogen (secondary N) is 2. The van der Waals surface area contributed by atoms with Crippen LogP contribution in [0.15, 0.2) is 24.3 Å². The second-order valence-corrected chi connectivity index (χ2v) is 6.55. The molecule has 1 aromatic carbocycles. The molecule has 2 heterocycles. The molecule has 2 fully saturated rings. The molecule has 2 atom stereocenters. The van der Waals surface area contributed by atoms with Crippen LogP contribution in [0.2, 0.25) is 0 Å². The lowest BCUT2D eigenvalue weighted by Gasteiger charge is -2.35. The van der Waals surface area contributed by atoms with Crippen LogP contribution in [-0.4, -0.2) is 44.7 Å². The first-order valence-corrected chi connectivity index (χ1v) is 8.66. The van der Waals surface area contributed by atoms with Crippen molar-refractivity contribution in [3.05, 3.63) is 24.3 Å². The van der Waals surface area contributed by atoms with Crippen molar-refractivity contribution in [2.45, 2.75) is 44.2 Å². The van der Waals surface area contributed by atoms with Gasteiger partial charge in [0.25, 0.3) is 0 Å². The summed E-state index contributed by atoms with van der Waals surface area (Å²) in [7, 11) is 1.69. The number of anilines is 1. The van der Waals surface area contributed by atoms with Crippen molar-refractivity contribution in [2.24, 2.45) is 0 Å². The van der Waals surface area contributed by atoms with Gasteiger partial charge in [-0.1, -0.05) is 6.07 Å². The summed E-state index contributed by atoms with van der Waals surface area (Å²) in [5.74, 6) is 1.06. The van der Waals surface area contributed by atoms with Gasteiger partial charge < -0.3 is 20.3 Å². The molecule has 23 heavy (non-hydrogen) atoms. The molecule has 0 aliphatic carbocycles. The monoisotopic (exact) mass is 317 g/mol. The molecular formula is C18H27N3O2. The fourth-order valence-electron chi connectivity index (χ4n) is 3.58. The van der Waals surface area contributed by atoms with Crippen molar-refractivity contribution in [1.82, 2.24) is 10.6 Å². The van der Waals surface area contributed by atoms with Crippen LogP contribution < -0.4 is 20.3 Å². The van der Waals surface area contributed by atoms with E-state index in [0.717, 1.165) is 44.6 Å². The number of hydrogen-bond donors (Lipinski definition) is 2. The predicted octanol–water partition coefficient (Wildman–Crippen LogP) is 1.92. The molecule has 2 aliphatic rings. The molecule has 2 N–H and O–H groups in total. The molecule has 0 radical (unpaired) electrons. The van der Waals surface area contributed by atoms with E-state index in [4.69, 9.17) is 4.74 Å². The number of methoxy groups -OCH3 is 1. The van der Waals surface area contributed by atoms with Crippen LogP contribution >= 0.6 is 0 Å². The number of hydrogen-bond acceptors (Lipinski definition) is 4. The van der Waals surface area contributed by atoms with Crippen molar-refractivity contribution in [3.63, 3.8) is 0 Å². The highest BCUT2D eigenvalue weighted by Crippen LogP contribution is 2.24. The lowest BCUT2D eigenvalue weighted by molar-refractivity contribution is -0.122. The van der Waals surface area contributed by atoms with Gasteiger partial charge in [-0.2, -0.15) is 0 Å². The number of amides is 1. The first-order chi connectivity index (χ1) is 11.2. The number of carbonyl (C=O) groups excluding carboxylic acids is 1. The van der Waals surface area contributed by atoms with Crippen LogP contribution in [0.3, 0.4) is 0 Å². The summed E-state index contributed by atoms with van der Waals surface area (Å²) in [5, 5.41) is 6.61. The van der Waals surface area contributed by atoms with E-state index in [9.17, 15) is 4.79 Å². The Bertz CT molecular complexity index is 529. The number of carbonyl (C=O) groups is 1. The fourth-order valence-corrected chi connectivity index (χ4v) is 3.58. The Kier molecular flexibility index (Phi) is 5.39.